The first-order valence-electron chi connectivity index (χ1n) is 13.8. The predicted octanol–water partition coefficient (Wildman–Crippen LogP) is 4.49. The van der Waals surface area contributed by atoms with Gasteiger partial charge in [0, 0.05) is 41.0 Å². The molecule has 11 heteroatoms. The van der Waals surface area contributed by atoms with Crippen LogP contribution in [0.5, 0.6) is 0 Å². The fourth-order valence-electron chi connectivity index (χ4n) is 5.13. The molecule has 5 rings (SSSR count). The normalized spacial score (nSPS) is 11.8. The Hall–Kier alpha value is -5.11. The number of aryl methyl sites for hydroxylation is 1. The van der Waals surface area contributed by atoms with Gasteiger partial charge in [0.2, 0.25) is 5.82 Å². The van der Waals surface area contributed by atoms with Gasteiger partial charge in [0.15, 0.2) is 5.65 Å². The van der Waals surface area contributed by atoms with Gasteiger partial charge < -0.3 is 10.6 Å². The predicted molar refractivity (Wildman–Crippen MR) is 155 cm³/mol. The molecule has 4 heterocycles. The van der Waals surface area contributed by atoms with Crippen LogP contribution in [0.25, 0.3) is 28.0 Å². The number of rotatable bonds is 11. The Bertz CT molecular complexity index is 1650. The topological polar surface area (TPSA) is 155 Å². The number of carbonyl (C=O) groups excluding carboxylic acids is 1. The minimum absolute atomic E-state index is 0.0548. The number of nitriles is 1. The number of anilines is 1. The summed E-state index contributed by atoms with van der Waals surface area (Å²) in [5.41, 5.74) is 12.1. The number of nitrogens with two attached hydrogens (primary N) is 1. The maximum absolute atomic E-state index is 13.2. The number of nitrogen functional groups attached to an aromatic ring is 1. The molecule has 0 radical (unpaired) electrons. The van der Waals surface area contributed by atoms with Crippen molar-refractivity contribution in [3.05, 3.63) is 78.3 Å². The van der Waals surface area contributed by atoms with Gasteiger partial charge in [-0.2, -0.15) is 20.0 Å². The number of nitrogens with one attached hydrogen (secondary N) is 1. The fraction of sp³-hybridized carbons (Fsp3) is 0.300. The van der Waals surface area contributed by atoms with E-state index in [0.29, 0.717) is 36.4 Å². The van der Waals surface area contributed by atoms with Gasteiger partial charge in [0.1, 0.15) is 12.1 Å². The molecule has 0 aliphatic rings. The number of amides is 1. The van der Waals surface area contributed by atoms with E-state index >= 15 is 0 Å². The van der Waals surface area contributed by atoms with Gasteiger partial charge in [0.25, 0.3) is 5.91 Å². The molecule has 41 heavy (non-hydrogen) atoms. The van der Waals surface area contributed by atoms with Crippen molar-refractivity contribution in [2.75, 3.05) is 12.3 Å². The first kappa shape index (κ1) is 27.5. The molecule has 3 N–H and O–H groups in total. The van der Waals surface area contributed by atoms with Crippen LogP contribution in [0.2, 0.25) is 0 Å². The molecule has 208 valence electrons. The smallest absolute Gasteiger partial charge is 0.291 e. The molecule has 1 amide bonds. The van der Waals surface area contributed by atoms with Gasteiger partial charge in [-0.25, -0.2) is 9.97 Å². The lowest BCUT2D eigenvalue weighted by Crippen LogP contribution is -2.41. The number of aromatic nitrogens is 7. The molecule has 1 atom stereocenters. The van der Waals surface area contributed by atoms with E-state index in [9.17, 15) is 10.1 Å². The number of aromatic amines is 1. The molecule has 0 unspecified atom stereocenters. The Balaban J connectivity index is 1.46. The highest BCUT2D eigenvalue weighted by atomic mass is 16.2. The van der Waals surface area contributed by atoms with Crippen LogP contribution < -0.4 is 5.73 Å². The standard InChI is InChI=1S/C30H32N10O/c1-3-16-39(30(41)28-34-19-35-38-28)22(4-2)11-13-26-23(14-15-31)27(32)40-29(37-26)24(18-36-40)21-10-12-25(33-17-21)20-8-6-5-7-9-20/h5-10,12,17-19,22H,3-4,11,13-14,16,32H2,1-2H3,(H,34,35,38)/t22-/m1/s1. The van der Waals surface area contributed by atoms with Crippen molar-refractivity contribution in [1.82, 2.24) is 39.7 Å². The first-order chi connectivity index (χ1) is 20.0. The van der Waals surface area contributed by atoms with Crippen LogP contribution in [0, 0.1) is 11.3 Å². The van der Waals surface area contributed by atoms with Crippen molar-refractivity contribution in [2.45, 2.75) is 52.0 Å². The molecule has 0 spiro atoms. The second kappa shape index (κ2) is 12.4. The molecular formula is C30H32N10O. The number of pyridine rings is 1. The molecule has 0 bridgehead atoms. The summed E-state index contributed by atoms with van der Waals surface area (Å²) in [5, 5.41) is 20.6. The zero-order chi connectivity index (χ0) is 28.8. The van der Waals surface area contributed by atoms with E-state index in [4.69, 9.17) is 10.7 Å². The van der Waals surface area contributed by atoms with E-state index in [0.717, 1.165) is 40.9 Å². The number of benzene rings is 1. The summed E-state index contributed by atoms with van der Waals surface area (Å²) in [7, 11) is 0. The van der Waals surface area contributed by atoms with Gasteiger partial charge in [-0.15, -0.1) is 0 Å². The average molecular weight is 549 g/mol. The van der Waals surface area contributed by atoms with Gasteiger partial charge in [-0.05, 0) is 31.7 Å². The molecule has 5 aromatic rings. The highest BCUT2D eigenvalue weighted by Crippen LogP contribution is 2.29. The summed E-state index contributed by atoms with van der Waals surface area (Å²) in [4.78, 5) is 28.7. The maximum atomic E-state index is 13.2. The van der Waals surface area contributed by atoms with Crippen molar-refractivity contribution in [3.8, 4) is 28.5 Å². The number of hydrogen-bond donors (Lipinski definition) is 2. The van der Waals surface area contributed by atoms with Crippen LogP contribution in [-0.2, 0) is 12.8 Å². The Morgan fingerprint density at radius 1 is 1.12 bits per heavy atom. The van der Waals surface area contributed by atoms with Crippen LogP contribution in [0.3, 0.4) is 0 Å². The summed E-state index contributed by atoms with van der Waals surface area (Å²) in [5.74, 6) is 0.436. The molecule has 1 aromatic carbocycles. The van der Waals surface area contributed by atoms with Crippen LogP contribution in [0.4, 0.5) is 5.82 Å². The summed E-state index contributed by atoms with van der Waals surface area (Å²) in [6.07, 6.45) is 7.73. The van der Waals surface area contributed by atoms with Gasteiger partial charge in [-0.3, -0.25) is 14.9 Å². The minimum atomic E-state index is -0.180. The average Bonchev–Trinajstić information content (AvgIpc) is 3.70. The van der Waals surface area contributed by atoms with Crippen molar-refractivity contribution < 1.29 is 4.79 Å². The second-order valence-electron chi connectivity index (χ2n) is 9.78. The van der Waals surface area contributed by atoms with Gasteiger partial charge in [-0.1, -0.05) is 50.2 Å². The van der Waals surface area contributed by atoms with E-state index in [1.165, 1.54) is 6.33 Å². The number of H-pyrrole nitrogens is 1. The van der Waals surface area contributed by atoms with Crippen molar-refractivity contribution in [3.63, 3.8) is 0 Å². The van der Waals surface area contributed by atoms with Crippen molar-refractivity contribution in [1.29, 1.82) is 5.26 Å². The van der Waals surface area contributed by atoms with E-state index in [-0.39, 0.29) is 24.2 Å². The van der Waals surface area contributed by atoms with E-state index < -0.39 is 0 Å². The van der Waals surface area contributed by atoms with Crippen LogP contribution in [0.15, 0.2) is 61.2 Å². The summed E-state index contributed by atoms with van der Waals surface area (Å²) >= 11 is 0. The monoisotopic (exact) mass is 548 g/mol. The number of hydrogen-bond acceptors (Lipinski definition) is 8. The lowest BCUT2D eigenvalue weighted by Gasteiger charge is -2.30. The van der Waals surface area contributed by atoms with Crippen LogP contribution in [0.1, 0.15) is 55.0 Å². The Morgan fingerprint density at radius 3 is 2.61 bits per heavy atom. The van der Waals surface area contributed by atoms with Crippen LogP contribution >= 0.6 is 0 Å². The summed E-state index contributed by atoms with van der Waals surface area (Å²) < 4.78 is 1.59. The highest BCUT2D eigenvalue weighted by molar-refractivity contribution is 5.90. The van der Waals surface area contributed by atoms with Gasteiger partial charge >= 0.3 is 0 Å². The van der Waals surface area contributed by atoms with Crippen molar-refractivity contribution in [2.24, 2.45) is 0 Å². The van der Waals surface area contributed by atoms with E-state index in [2.05, 4.69) is 38.3 Å². The van der Waals surface area contributed by atoms with Crippen molar-refractivity contribution >= 4 is 17.4 Å². The minimum Gasteiger partial charge on any atom is -0.383 e. The molecular weight excluding hydrogens is 516 g/mol. The lowest BCUT2D eigenvalue weighted by atomic mass is 10.0. The Kier molecular flexibility index (Phi) is 8.29. The first-order valence-corrected chi connectivity index (χ1v) is 13.8. The zero-order valence-electron chi connectivity index (χ0n) is 23.2. The van der Waals surface area contributed by atoms with E-state index in [1.807, 2.05) is 60.5 Å². The SMILES string of the molecule is CCCN(C(=O)c1ncn[nH]1)[C@H](CC)CCc1nc2c(-c3ccc(-c4ccccc4)nc3)cnn2c(N)c1CC#N. The maximum Gasteiger partial charge on any atom is 0.291 e. The van der Waals surface area contributed by atoms with Crippen LogP contribution in [-0.4, -0.2) is 58.2 Å². The Morgan fingerprint density at radius 2 is 1.95 bits per heavy atom. The molecule has 11 nitrogen and oxygen atoms in total. The van der Waals surface area contributed by atoms with Gasteiger partial charge in [0.05, 0.1) is 30.1 Å². The second-order valence-corrected chi connectivity index (χ2v) is 9.78. The van der Waals surface area contributed by atoms with E-state index in [1.54, 1.807) is 10.7 Å². The number of nitrogens with zero attached hydrogens (tertiary/aromatic N) is 8. The lowest BCUT2D eigenvalue weighted by molar-refractivity contribution is 0.0650. The zero-order valence-corrected chi connectivity index (χ0v) is 23.2. The number of fused-ring (bicyclic) bond motifs is 1. The Labute approximate surface area is 238 Å². The number of carbonyl (C=O) groups is 1. The quantitative estimate of drug-likeness (QED) is 0.245. The third-order valence-corrected chi connectivity index (χ3v) is 7.24. The molecule has 0 fully saturated rings. The molecule has 0 aliphatic carbocycles. The third-order valence-electron chi connectivity index (χ3n) is 7.24. The summed E-state index contributed by atoms with van der Waals surface area (Å²) in [6.45, 7) is 4.69. The molecule has 4 aromatic heterocycles. The highest BCUT2D eigenvalue weighted by Gasteiger charge is 2.26. The third kappa shape index (κ3) is 5.63. The molecule has 0 saturated carbocycles. The molecule has 0 saturated heterocycles. The largest absolute Gasteiger partial charge is 0.383 e. The fourth-order valence-corrected chi connectivity index (χ4v) is 5.13. The molecule has 0 aliphatic heterocycles. The summed E-state index contributed by atoms with van der Waals surface area (Å²) in [6, 6.07) is 16.1.